The van der Waals surface area contributed by atoms with Crippen LogP contribution in [0.3, 0.4) is 0 Å². The maximum Gasteiger partial charge on any atom is 0.249 e. The highest BCUT2D eigenvalue weighted by atomic mass is 16.7. The molecule has 8 N–H and O–H groups in total. The second-order valence-electron chi connectivity index (χ2n) is 23.9. The van der Waals surface area contributed by atoms with Gasteiger partial charge in [-0.1, -0.05) is 281 Å². The predicted octanol–water partition coefficient (Wildman–Crippen LogP) is 16.0. The normalized spacial score (nSPS) is 19.5. The largest absolute Gasteiger partial charge is 0.394 e. The van der Waals surface area contributed by atoms with Gasteiger partial charge in [0.2, 0.25) is 5.91 Å². The quantitative estimate of drug-likeness (QED) is 0.0215. The lowest BCUT2D eigenvalue weighted by Gasteiger charge is -2.40. The van der Waals surface area contributed by atoms with Gasteiger partial charge in [0, 0.05) is 0 Å². The first-order chi connectivity index (χ1) is 39.2. The topological polar surface area (TPSA) is 189 Å². The molecule has 0 aliphatic carbocycles. The fourth-order valence-corrected chi connectivity index (χ4v) is 10.8. The molecule has 1 heterocycles. The molecule has 0 radical (unpaired) electrons. The van der Waals surface area contributed by atoms with E-state index in [2.05, 4.69) is 67.8 Å². The van der Waals surface area contributed by atoms with Gasteiger partial charge in [-0.15, -0.1) is 0 Å². The number of rotatable bonds is 59. The Morgan fingerprint density at radius 3 is 1.19 bits per heavy atom. The molecule has 9 atom stereocenters. The highest BCUT2D eigenvalue weighted by molar-refractivity contribution is 5.80. The van der Waals surface area contributed by atoms with Crippen molar-refractivity contribution in [3.05, 3.63) is 48.6 Å². The summed E-state index contributed by atoms with van der Waals surface area (Å²) in [5.74, 6) is -0.712. The van der Waals surface area contributed by atoms with E-state index in [0.29, 0.717) is 19.3 Å². The van der Waals surface area contributed by atoms with Crippen LogP contribution in [-0.4, -0.2) is 110 Å². The van der Waals surface area contributed by atoms with Gasteiger partial charge in [-0.05, 0) is 83.5 Å². The van der Waals surface area contributed by atoms with Crippen molar-refractivity contribution in [1.82, 2.24) is 5.32 Å². The van der Waals surface area contributed by atoms with E-state index in [1.54, 1.807) is 0 Å². The molecule has 1 aliphatic rings. The number of amides is 1. The fraction of sp³-hybridized carbons (Fsp3) is 0.870. The van der Waals surface area contributed by atoms with E-state index in [0.717, 1.165) is 57.8 Å². The average Bonchev–Trinajstić information content (AvgIpc) is 3.46. The van der Waals surface area contributed by atoms with Gasteiger partial charge in [0.25, 0.3) is 0 Å². The first kappa shape index (κ1) is 76.1. The minimum absolute atomic E-state index is 0.243. The van der Waals surface area contributed by atoms with E-state index in [4.69, 9.17) is 9.47 Å². The zero-order chi connectivity index (χ0) is 58.2. The maximum atomic E-state index is 13.2. The van der Waals surface area contributed by atoms with Crippen LogP contribution >= 0.6 is 0 Å². The number of allylic oxidation sites excluding steroid dienone is 8. The summed E-state index contributed by atoms with van der Waals surface area (Å²) in [6.07, 6.45) is 63.3. The minimum Gasteiger partial charge on any atom is -0.394 e. The molecule has 1 amide bonds. The molecular formula is C69H129NO10. The standard InChI is InChI=1S/C69H129NO10/c1-3-5-7-9-11-13-15-17-19-21-23-25-27-29-30-31-32-33-35-36-38-40-42-44-46-48-50-52-54-56-61(72)64(74)60(59-79-69-67(77)66(76)65(75)63(58-71)80-69)70-68(78)62(73)57-55-53-51-49-47-45-43-41-39-37-34-28-26-24-22-20-18-16-14-12-10-8-6-4-2/h24,26,34,37,40,42,48,50,60-67,69,71-77H,3-23,25,27-33,35-36,38-39,41,43-47,49,51-59H2,1-2H3,(H,70,78)/b26-24-,37-34-,42-40+,50-48+. The molecule has 11 heteroatoms. The summed E-state index contributed by atoms with van der Waals surface area (Å²) >= 11 is 0. The zero-order valence-corrected chi connectivity index (χ0v) is 51.8. The number of aliphatic hydroxyl groups excluding tert-OH is 7. The summed E-state index contributed by atoms with van der Waals surface area (Å²) < 4.78 is 11.2. The number of hydrogen-bond acceptors (Lipinski definition) is 10. The van der Waals surface area contributed by atoms with Gasteiger partial charge in [0.05, 0.1) is 25.4 Å². The summed E-state index contributed by atoms with van der Waals surface area (Å²) in [5.41, 5.74) is 0. The lowest BCUT2D eigenvalue weighted by molar-refractivity contribution is -0.303. The third kappa shape index (κ3) is 44.6. The Kier molecular flexibility index (Phi) is 54.7. The molecule has 1 fully saturated rings. The summed E-state index contributed by atoms with van der Waals surface area (Å²) in [7, 11) is 0. The number of carbonyl (C=O) groups excluding carboxylic acids is 1. The van der Waals surface area contributed by atoms with Crippen molar-refractivity contribution in [2.75, 3.05) is 13.2 Å². The first-order valence-corrected chi connectivity index (χ1v) is 34.0. The molecule has 0 aromatic heterocycles. The predicted molar refractivity (Wildman–Crippen MR) is 335 cm³/mol. The van der Waals surface area contributed by atoms with E-state index >= 15 is 0 Å². The second kappa shape index (κ2) is 57.5. The van der Waals surface area contributed by atoms with E-state index < -0.39 is 74.2 Å². The molecule has 1 aliphatic heterocycles. The molecule has 1 rings (SSSR count). The average molecular weight is 1130 g/mol. The Hall–Kier alpha value is -1.93. The number of ether oxygens (including phenoxy) is 2. The Morgan fingerprint density at radius 1 is 0.438 bits per heavy atom. The van der Waals surface area contributed by atoms with Crippen LogP contribution in [0.2, 0.25) is 0 Å². The van der Waals surface area contributed by atoms with Crippen molar-refractivity contribution in [3.63, 3.8) is 0 Å². The Bertz CT molecular complexity index is 1440. The van der Waals surface area contributed by atoms with Crippen LogP contribution in [-0.2, 0) is 14.3 Å². The molecule has 80 heavy (non-hydrogen) atoms. The summed E-state index contributed by atoms with van der Waals surface area (Å²) in [6, 6.07) is -1.20. The highest BCUT2D eigenvalue weighted by Crippen LogP contribution is 2.24. The molecule has 0 aromatic rings. The van der Waals surface area contributed by atoms with Crippen LogP contribution in [0.4, 0.5) is 0 Å². The van der Waals surface area contributed by atoms with Gasteiger partial charge in [-0.3, -0.25) is 4.79 Å². The fourth-order valence-electron chi connectivity index (χ4n) is 10.8. The van der Waals surface area contributed by atoms with Gasteiger partial charge in [-0.25, -0.2) is 0 Å². The molecule has 0 saturated carbocycles. The molecule has 9 unspecified atom stereocenters. The summed E-state index contributed by atoms with van der Waals surface area (Å²) in [4.78, 5) is 13.2. The van der Waals surface area contributed by atoms with E-state index in [1.165, 1.54) is 212 Å². The lowest BCUT2D eigenvalue weighted by Crippen LogP contribution is -2.60. The first-order valence-electron chi connectivity index (χ1n) is 34.0. The molecular weight excluding hydrogens is 1000 g/mol. The van der Waals surface area contributed by atoms with Crippen molar-refractivity contribution in [2.45, 2.75) is 371 Å². The van der Waals surface area contributed by atoms with Crippen LogP contribution in [0.25, 0.3) is 0 Å². The van der Waals surface area contributed by atoms with Gasteiger partial charge < -0.3 is 50.5 Å². The SMILES string of the molecule is CCCCCCCCCCC/C=C\C/C=C\CCCCCCCCCCC(O)C(=O)NC(COC1OC(CO)C(O)C(O)C1O)C(O)C(O)CCC/C=C/CC/C=C/CCCCCCCCCCCCCCCCCCCCCC. The molecule has 1 saturated heterocycles. The van der Waals surface area contributed by atoms with Gasteiger partial charge in [0.1, 0.15) is 36.6 Å². The third-order valence-electron chi connectivity index (χ3n) is 16.3. The van der Waals surface area contributed by atoms with E-state index in [1.807, 2.05) is 0 Å². The van der Waals surface area contributed by atoms with E-state index in [9.17, 15) is 40.5 Å². The monoisotopic (exact) mass is 1130 g/mol. The van der Waals surface area contributed by atoms with Crippen molar-refractivity contribution in [1.29, 1.82) is 0 Å². The van der Waals surface area contributed by atoms with Crippen molar-refractivity contribution < 1.29 is 50.0 Å². The highest BCUT2D eigenvalue weighted by Gasteiger charge is 2.44. The Morgan fingerprint density at radius 2 is 0.787 bits per heavy atom. The number of aliphatic hydroxyl groups is 7. The molecule has 11 nitrogen and oxygen atoms in total. The van der Waals surface area contributed by atoms with Crippen molar-refractivity contribution in [3.8, 4) is 0 Å². The number of nitrogens with one attached hydrogen (secondary N) is 1. The van der Waals surface area contributed by atoms with E-state index in [-0.39, 0.29) is 12.8 Å². The maximum absolute atomic E-state index is 13.2. The lowest BCUT2D eigenvalue weighted by atomic mass is 9.98. The van der Waals surface area contributed by atoms with Crippen LogP contribution in [0.5, 0.6) is 0 Å². The van der Waals surface area contributed by atoms with Crippen molar-refractivity contribution in [2.24, 2.45) is 0 Å². The second-order valence-corrected chi connectivity index (χ2v) is 23.9. The Balaban J connectivity index is 2.26. The van der Waals surface area contributed by atoms with Gasteiger partial charge in [0.15, 0.2) is 6.29 Å². The van der Waals surface area contributed by atoms with Crippen molar-refractivity contribution >= 4 is 5.91 Å². The molecule has 0 aromatic carbocycles. The number of unbranched alkanes of at least 4 members (excludes halogenated alkanes) is 39. The summed E-state index contributed by atoms with van der Waals surface area (Å²) in [6.45, 7) is 3.47. The molecule has 0 bridgehead atoms. The zero-order valence-electron chi connectivity index (χ0n) is 51.8. The summed E-state index contributed by atoms with van der Waals surface area (Å²) in [5, 5.41) is 76.4. The van der Waals surface area contributed by atoms with Crippen LogP contribution in [0.15, 0.2) is 48.6 Å². The molecule has 0 spiro atoms. The van der Waals surface area contributed by atoms with Gasteiger partial charge in [-0.2, -0.15) is 0 Å². The van der Waals surface area contributed by atoms with Crippen LogP contribution < -0.4 is 5.32 Å². The van der Waals surface area contributed by atoms with Gasteiger partial charge >= 0.3 is 0 Å². The Labute approximate surface area is 491 Å². The smallest absolute Gasteiger partial charge is 0.249 e. The van der Waals surface area contributed by atoms with Crippen LogP contribution in [0, 0.1) is 0 Å². The third-order valence-corrected chi connectivity index (χ3v) is 16.3. The molecule has 470 valence electrons. The van der Waals surface area contributed by atoms with Crippen LogP contribution in [0.1, 0.15) is 316 Å². The number of hydrogen-bond donors (Lipinski definition) is 8. The number of carbonyl (C=O) groups is 1. The minimum atomic E-state index is -1.68.